The molecule has 1 aromatic rings. The number of amides is 1. The molecule has 0 spiro atoms. The Bertz CT molecular complexity index is 468. The highest BCUT2D eigenvalue weighted by molar-refractivity contribution is 5.95. The van der Waals surface area contributed by atoms with Crippen molar-refractivity contribution in [2.45, 2.75) is 39.7 Å². The van der Waals surface area contributed by atoms with Gasteiger partial charge in [-0.1, -0.05) is 17.7 Å². The minimum Gasteiger partial charge on any atom is -0.338 e. The molecular weight excluding hydrogens is 236 g/mol. The van der Waals surface area contributed by atoms with Crippen LogP contribution in [-0.2, 0) is 0 Å². The van der Waals surface area contributed by atoms with E-state index in [1.54, 1.807) is 0 Å². The average molecular weight is 260 g/mol. The Balaban J connectivity index is 2.17. The van der Waals surface area contributed by atoms with Gasteiger partial charge in [0, 0.05) is 24.7 Å². The Morgan fingerprint density at radius 3 is 2.84 bits per heavy atom. The highest BCUT2D eigenvalue weighted by atomic mass is 16.2. The number of nitrogens with zero attached hydrogens (tertiary/aromatic N) is 1. The SMILES string of the molecule is Cc1ccc(C)c(C(=O)N2CCC[C@@H]([C@@H](C)N)C2)c1. The predicted molar refractivity (Wildman–Crippen MR) is 78.2 cm³/mol. The first-order valence-electron chi connectivity index (χ1n) is 7.11. The Kier molecular flexibility index (Phi) is 4.25. The number of aryl methyl sites for hydroxylation is 2. The number of rotatable bonds is 2. The smallest absolute Gasteiger partial charge is 0.254 e. The maximum atomic E-state index is 12.6. The van der Waals surface area contributed by atoms with Crippen molar-refractivity contribution in [3.63, 3.8) is 0 Å². The van der Waals surface area contributed by atoms with E-state index in [9.17, 15) is 4.79 Å². The van der Waals surface area contributed by atoms with Gasteiger partial charge in [-0.05, 0) is 51.2 Å². The van der Waals surface area contributed by atoms with Crippen LogP contribution in [0.1, 0.15) is 41.3 Å². The van der Waals surface area contributed by atoms with Crippen molar-refractivity contribution in [3.8, 4) is 0 Å². The minimum absolute atomic E-state index is 0.159. The van der Waals surface area contributed by atoms with E-state index in [1.165, 1.54) is 0 Å². The number of benzene rings is 1. The quantitative estimate of drug-likeness (QED) is 0.888. The van der Waals surface area contributed by atoms with E-state index in [1.807, 2.05) is 43.9 Å². The Morgan fingerprint density at radius 2 is 2.16 bits per heavy atom. The molecule has 0 aromatic heterocycles. The first-order chi connectivity index (χ1) is 8.99. The largest absolute Gasteiger partial charge is 0.338 e. The van der Waals surface area contributed by atoms with Gasteiger partial charge < -0.3 is 10.6 Å². The molecule has 0 aliphatic carbocycles. The summed E-state index contributed by atoms with van der Waals surface area (Å²) >= 11 is 0. The van der Waals surface area contributed by atoms with Gasteiger partial charge in [0.05, 0.1) is 0 Å². The zero-order valence-electron chi connectivity index (χ0n) is 12.1. The lowest BCUT2D eigenvalue weighted by Crippen LogP contribution is -2.45. The molecule has 0 unspecified atom stereocenters. The Labute approximate surface area is 115 Å². The molecule has 3 heteroatoms. The lowest BCUT2D eigenvalue weighted by molar-refractivity contribution is 0.0660. The van der Waals surface area contributed by atoms with Crippen LogP contribution in [0.2, 0.25) is 0 Å². The summed E-state index contributed by atoms with van der Waals surface area (Å²) in [5, 5.41) is 0. The summed E-state index contributed by atoms with van der Waals surface area (Å²) in [6, 6.07) is 6.23. The summed E-state index contributed by atoms with van der Waals surface area (Å²) < 4.78 is 0. The molecule has 1 amide bonds. The van der Waals surface area contributed by atoms with Crippen molar-refractivity contribution in [3.05, 3.63) is 34.9 Å². The van der Waals surface area contributed by atoms with E-state index < -0.39 is 0 Å². The number of likely N-dealkylation sites (tertiary alicyclic amines) is 1. The molecule has 1 aromatic carbocycles. The van der Waals surface area contributed by atoms with E-state index >= 15 is 0 Å². The summed E-state index contributed by atoms with van der Waals surface area (Å²) in [7, 11) is 0. The van der Waals surface area contributed by atoms with Crippen LogP contribution in [0.15, 0.2) is 18.2 Å². The van der Waals surface area contributed by atoms with Crippen LogP contribution in [0, 0.1) is 19.8 Å². The second kappa shape index (κ2) is 5.74. The van der Waals surface area contributed by atoms with Crippen LogP contribution < -0.4 is 5.73 Å². The molecule has 2 atom stereocenters. The third-order valence-corrected chi connectivity index (χ3v) is 4.11. The average Bonchev–Trinajstić information content (AvgIpc) is 2.41. The second-order valence-corrected chi connectivity index (χ2v) is 5.83. The monoisotopic (exact) mass is 260 g/mol. The minimum atomic E-state index is 0.159. The molecule has 2 N–H and O–H groups in total. The fraction of sp³-hybridized carbons (Fsp3) is 0.562. The van der Waals surface area contributed by atoms with Gasteiger partial charge in [-0.25, -0.2) is 0 Å². The number of nitrogens with two attached hydrogens (primary N) is 1. The number of piperidine rings is 1. The molecule has 1 saturated heterocycles. The summed E-state index contributed by atoms with van der Waals surface area (Å²) in [6.45, 7) is 7.71. The molecular formula is C16H24N2O. The van der Waals surface area contributed by atoms with Crippen molar-refractivity contribution >= 4 is 5.91 Å². The van der Waals surface area contributed by atoms with E-state index in [0.29, 0.717) is 5.92 Å². The summed E-state index contributed by atoms with van der Waals surface area (Å²) in [4.78, 5) is 14.6. The lowest BCUT2D eigenvalue weighted by Gasteiger charge is -2.35. The predicted octanol–water partition coefficient (Wildman–Crippen LogP) is 2.50. The van der Waals surface area contributed by atoms with Crippen LogP contribution >= 0.6 is 0 Å². The molecule has 1 fully saturated rings. The number of hydrogen-bond acceptors (Lipinski definition) is 2. The van der Waals surface area contributed by atoms with Gasteiger partial charge in [-0.2, -0.15) is 0 Å². The topological polar surface area (TPSA) is 46.3 Å². The molecule has 1 heterocycles. The summed E-state index contributed by atoms with van der Waals surface area (Å²) in [5.41, 5.74) is 9.01. The van der Waals surface area contributed by atoms with Gasteiger partial charge in [0.2, 0.25) is 0 Å². The maximum absolute atomic E-state index is 12.6. The molecule has 1 aliphatic rings. The molecule has 0 bridgehead atoms. The van der Waals surface area contributed by atoms with E-state index in [0.717, 1.165) is 42.6 Å². The van der Waals surface area contributed by atoms with Crippen LogP contribution in [0.3, 0.4) is 0 Å². The molecule has 104 valence electrons. The summed E-state index contributed by atoms with van der Waals surface area (Å²) in [5.74, 6) is 0.592. The molecule has 1 aliphatic heterocycles. The zero-order valence-corrected chi connectivity index (χ0v) is 12.1. The highest BCUT2D eigenvalue weighted by Crippen LogP contribution is 2.22. The first-order valence-corrected chi connectivity index (χ1v) is 7.11. The Hall–Kier alpha value is -1.35. The summed E-state index contributed by atoms with van der Waals surface area (Å²) in [6.07, 6.45) is 2.19. The van der Waals surface area contributed by atoms with Gasteiger partial charge in [-0.15, -0.1) is 0 Å². The molecule has 0 radical (unpaired) electrons. The normalized spacial score (nSPS) is 21.3. The van der Waals surface area contributed by atoms with Gasteiger partial charge in [0.15, 0.2) is 0 Å². The standard InChI is InChI=1S/C16H24N2O/c1-11-6-7-12(2)15(9-11)16(19)18-8-4-5-14(10-18)13(3)17/h6-7,9,13-14H,4-5,8,10,17H2,1-3H3/t13-,14-/m1/s1. The van der Waals surface area contributed by atoms with Crippen molar-refractivity contribution in [1.29, 1.82) is 0 Å². The van der Waals surface area contributed by atoms with Crippen LogP contribution in [0.5, 0.6) is 0 Å². The first kappa shape index (κ1) is 14.1. The Morgan fingerprint density at radius 1 is 1.42 bits per heavy atom. The van der Waals surface area contributed by atoms with Crippen molar-refractivity contribution < 1.29 is 4.79 Å². The van der Waals surface area contributed by atoms with Gasteiger partial charge >= 0.3 is 0 Å². The van der Waals surface area contributed by atoms with Crippen molar-refractivity contribution in [2.24, 2.45) is 11.7 Å². The van der Waals surface area contributed by atoms with E-state index in [4.69, 9.17) is 5.73 Å². The second-order valence-electron chi connectivity index (χ2n) is 5.83. The number of carbonyl (C=O) groups excluding carboxylic acids is 1. The fourth-order valence-corrected chi connectivity index (χ4v) is 2.76. The lowest BCUT2D eigenvalue weighted by atomic mass is 9.91. The van der Waals surface area contributed by atoms with Crippen LogP contribution in [0.25, 0.3) is 0 Å². The number of hydrogen-bond donors (Lipinski definition) is 1. The van der Waals surface area contributed by atoms with E-state index in [-0.39, 0.29) is 11.9 Å². The zero-order chi connectivity index (χ0) is 14.0. The van der Waals surface area contributed by atoms with Crippen molar-refractivity contribution in [1.82, 2.24) is 4.90 Å². The van der Waals surface area contributed by atoms with Crippen LogP contribution in [-0.4, -0.2) is 29.9 Å². The molecule has 2 rings (SSSR count). The number of carbonyl (C=O) groups is 1. The van der Waals surface area contributed by atoms with E-state index in [2.05, 4.69) is 0 Å². The maximum Gasteiger partial charge on any atom is 0.254 e. The van der Waals surface area contributed by atoms with Gasteiger partial charge in [-0.3, -0.25) is 4.79 Å². The van der Waals surface area contributed by atoms with Gasteiger partial charge in [0.1, 0.15) is 0 Å². The van der Waals surface area contributed by atoms with Crippen molar-refractivity contribution in [2.75, 3.05) is 13.1 Å². The highest BCUT2D eigenvalue weighted by Gasteiger charge is 2.27. The molecule has 0 saturated carbocycles. The fourth-order valence-electron chi connectivity index (χ4n) is 2.76. The third-order valence-electron chi connectivity index (χ3n) is 4.11. The molecule has 3 nitrogen and oxygen atoms in total. The molecule has 19 heavy (non-hydrogen) atoms. The van der Waals surface area contributed by atoms with Gasteiger partial charge in [0.25, 0.3) is 5.91 Å². The van der Waals surface area contributed by atoms with Crippen LogP contribution in [0.4, 0.5) is 0 Å². The third kappa shape index (κ3) is 3.16.